The number of hydrogen-bond acceptors (Lipinski definition) is 3. The number of imidazole rings is 1. The Balaban J connectivity index is 2.34. The zero-order valence-corrected chi connectivity index (χ0v) is 11.8. The lowest BCUT2D eigenvalue weighted by Crippen LogP contribution is -1.97. The van der Waals surface area contributed by atoms with E-state index in [4.69, 9.17) is 5.26 Å². The van der Waals surface area contributed by atoms with Crippen LogP contribution in [-0.4, -0.2) is 9.55 Å². The second-order valence-corrected chi connectivity index (χ2v) is 4.94. The standard InChI is InChI=1S/C17H12N4/c1-11-3-5-15(6-4-11)21-12(2)20-16-7-13(9-18)14(10-19)8-17(16)21/h3-8H,1-2H3. The molecule has 0 N–H and O–H groups in total. The first-order chi connectivity index (χ1) is 10.1. The maximum atomic E-state index is 9.18. The molecule has 0 saturated heterocycles. The van der Waals surface area contributed by atoms with Gasteiger partial charge in [0.05, 0.1) is 22.2 Å². The van der Waals surface area contributed by atoms with Crippen molar-refractivity contribution in [2.75, 3.05) is 0 Å². The van der Waals surface area contributed by atoms with Crippen LogP contribution in [0.1, 0.15) is 22.5 Å². The molecule has 0 amide bonds. The molecule has 3 rings (SSSR count). The predicted octanol–water partition coefficient (Wildman–Crippen LogP) is 3.39. The summed E-state index contributed by atoms with van der Waals surface area (Å²) >= 11 is 0. The number of benzene rings is 2. The van der Waals surface area contributed by atoms with Crippen LogP contribution in [0.2, 0.25) is 0 Å². The van der Waals surface area contributed by atoms with Gasteiger partial charge in [0.15, 0.2) is 0 Å². The highest BCUT2D eigenvalue weighted by atomic mass is 15.1. The van der Waals surface area contributed by atoms with Crippen molar-refractivity contribution in [2.24, 2.45) is 0 Å². The maximum absolute atomic E-state index is 9.18. The largest absolute Gasteiger partial charge is 0.296 e. The van der Waals surface area contributed by atoms with Crippen LogP contribution >= 0.6 is 0 Å². The normalized spacial score (nSPS) is 10.3. The van der Waals surface area contributed by atoms with Gasteiger partial charge in [-0.3, -0.25) is 4.57 Å². The Morgan fingerprint density at radius 1 is 0.952 bits per heavy atom. The smallest absolute Gasteiger partial charge is 0.111 e. The van der Waals surface area contributed by atoms with Crippen LogP contribution in [-0.2, 0) is 0 Å². The summed E-state index contributed by atoms with van der Waals surface area (Å²) in [7, 11) is 0. The Bertz CT molecular complexity index is 919. The third-order valence-corrected chi connectivity index (χ3v) is 3.49. The fourth-order valence-corrected chi connectivity index (χ4v) is 2.45. The summed E-state index contributed by atoms with van der Waals surface area (Å²) in [5, 5.41) is 18.3. The van der Waals surface area contributed by atoms with E-state index in [0.717, 1.165) is 22.5 Å². The minimum absolute atomic E-state index is 0.360. The molecule has 0 saturated carbocycles. The van der Waals surface area contributed by atoms with E-state index in [-0.39, 0.29) is 0 Å². The van der Waals surface area contributed by atoms with Crippen LogP contribution in [0.4, 0.5) is 0 Å². The molecule has 0 unspecified atom stereocenters. The van der Waals surface area contributed by atoms with Crippen molar-refractivity contribution in [2.45, 2.75) is 13.8 Å². The highest BCUT2D eigenvalue weighted by Crippen LogP contribution is 2.24. The molecular formula is C17H12N4. The first kappa shape index (κ1) is 12.9. The molecule has 1 aromatic heterocycles. The van der Waals surface area contributed by atoms with E-state index in [2.05, 4.69) is 11.1 Å². The van der Waals surface area contributed by atoms with Crippen LogP contribution in [0.3, 0.4) is 0 Å². The average molecular weight is 272 g/mol. The van der Waals surface area contributed by atoms with E-state index in [1.165, 1.54) is 5.56 Å². The van der Waals surface area contributed by atoms with Gasteiger partial charge < -0.3 is 0 Å². The number of hydrogen-bond donors (Lipinski definition) is 0. The van der Waals surface area contributed by atoms with Crippen molar-refractivity contribution >= 4 is 11.0 Å². The summed E-state index contributed by atoms with van der Waals surface area (Å²) in [4.78, 5) is 4.50. The summed E-state index contributed by atoms with van der Waals surface area (Å²) in [6, 6.07) is 15.6. The minimum atomic E-state index is 0.360. The number of fused-ring (bicyclic) bond motifs is 1. The van der Waals surface area contributed by atoms with Crippen LogP contribution in [0.15, 0.2) is 36.4 Å². The Kier molecular flexibility index (Phi) is 2.93. The fraction of sp³-hybridized carbons (Fsp3) is 0.118. The van der Waals surface area contributed by atoms with Gasteiger partial charge in [0.1, 0.15) is 18.0 Å². The SMILES string of the molecule is Cc1ccc(-n2c(C)nc3cc(C#N)c(C#N)cc32)cc1. The Morgan fingerprint density at radius 3 is 2.19 bits per heavy atom. The molecule has 100 valence electrons. The lowest BCUT2D eigenvalue weighted by molar-refractivity contribution is 1.000. The van der Waals surface area contributed by atoms with Crippen LogP contribution in [0.5, 0.6) is 0 Å². The molecule has 0 atom stereocenters. The average Bonchev–Trinajstić information content (AvgIpc) is 2.81. The van der Waals surface area contributed by atoms with Crippen molar-refractivity contribution in [1.82, 2.24) is 9.55 Å². The number of nitrogens with zero attached hydrogens (tertiary/aromatic N) is 4. The molecule has 4 nitrogen and oxygen atoms in total. The second-order valence-electron chi connectivity index (χ2n) is 4.94. The highest BCUT2D eigenvalue weighted by Gasteiger charge is 2.13. The topological polar surface area (TPSA) is 65.4 Å². The summed E-state index contributed by atoms with van der Waals surface area (Å²) in [6.07, 6.45) is 0. The molecule has 2 aromatic carbocycles. The lowest BCUT2D eigenvalue weighted by Gasteiger charge is -2.07. The van der Waals surface area contributed by atoms with Gasteiger partial charge in [0.25, 0.3) is 0 Å². The van der Waals surface area contributed by atoms with Crippen LogP contribution in [0, 0.1) is 36.5 Å². The first-order valence-corrected chi connectivity index (χ1v) is 6.54. The molecule has 4 heteroatoms. The van der Waals surface area contributed by atoms with E-state index in [9.17, 15) is 5.26 Å². The third kappa shape index (κ3) is 2.04. The number of rotatable bonds is 1. The monoisotopic (exact) mass is 272 g/mol. The van der Waals surface area contributed by atoms with Crippen molar-refractivity contribution in [3.05, 3.63) is 58.9 Å². The zero-order valence-electron chi connectivity index (χ0n) is 11.8. The van der Waals surface area contributed by atoms with E-state index in [0.29, 0.717) is 11.1 Å². The molecule has 0 bridgehead atoms. The van der Waals surface area contributed by atoms with E-state index < -0.39 is 0 Å². The number of nitriles is 2. The first-order valence-electron chi connectivity index (χ1n) is 6.54. The Labute approximate surface area is 122 Å². The molecule has 21 heavy (non-hydrogen) atoms. The number of aromatic nitrogens is 2. The van der Waals surface area contributed by atoms with Gasteiger partial charge in [-0.2, -0.15) is 10.5 Å². The van der Waals surface area contributed by atoms with Crippen molar-refractivity contribution in [3.63, 3.8) is 0 Å². The molecule has 0 aliphatic carbocycles. The molecule has 0 fully saturated rings. The zero-order chi connectivity index (χ0) is 15.0. The predicted molar refractivity (Wildman–Crippen MR) is 80.0 cm³/mol. The Morgan fingerprint density at radius 2 is 1.57 bits per heavy atom. The van der Waals surface area contributed by atoms with E-state index >= 15 is 0 Å². The number of aryl methyl sites for hydroxylation is 2. The van der Waals surface area contributed by atoms with Crippen LogP contribution < -0.4 is 0 Å². The lowest BCUT2D eigenvalue weighted by atomic mass is 10.1. The van der Waals surface area contributed by atoms with Gasteiger partial charge in [0.2, 0.25) is 0 Å². The van der Waals surface area contributed by atoms with Crippen LogP contribution in [0.25, 0.3) is 16.7 Å². The minimum Gasteiger partial charge on any atom is -0.296 e. The molecule has 0 aliphatic rings. The summed E-state index contributed by atoms with van der Waals surface area (Å²) in [5.41, 5.74) is 4.48. The van der Waals surface area contributed by atoms with Gasteiger partial charge in [-0.05, 0) is 38.1 Å². The maximum Gasteiger partial charge on any atom is 0.111 e. The van der Waals surface area contributed by atoms with E-state index in [1.807, 2.05) is 48.7 Å². The Hall–Kier alpha value is -3.11. The van der Waals surface area contributed by atoms with Crippen molar-refractivity contribution < 1.29 is 0 Å². The van der Waals surface area contributed by atoms with Crippen molar-refractivity contribution in [1.29, 1.82) is 10.5 Å². The van der Waals surface area contributed by atoms with Gasteiger partial charge in [0, 0.05) is 5.69 Å². The highest BCUT2D eigenvalue weighted by molar-refractivity contribution is 5.82. The van der Waals surface area contributed by atoms with E-state index in [1.54, 1.807) is 12.1 Å². The third-order valence-electron chi connectivity index (χ3n) is 3.49. The molecule has 1 heterocycles. The summed E-state index contributed by atoms with van der Waals surface area (Å²) in [5.74, 6) is 0.827. The quantitative estimate of drug-likeness (QED) is 0.682. The van der Waals surface area contributed by atoms with Gasteiger partial charge in [-0.15, -0.1) is 0 Å². The molecule has 0 spiro atoms. The molecular weight excluding hydrogens is 260 g/mol. The van der Waals surface area contributed by atoms with Gasteiger partial charge in [-0.25, -0.2) is 4.98 Å². The van der Waals surface area contributed by atoms with Crippen molar-refractivity contribution in [3.8, 4) is 17.8 Å². The molecule has 0 aliphatic heterocycles. The molecule has 0 radical (unpaired) electrons. The second kappa shape index (κ2) is 4.77. The summed E-state index contributed by atoms with van der Waals surface area (Å²) in [6.45, 7) is 3.95. The molecule has 3 aromatic rings. The van der Waals surface area contributed by atoms with Gasteiger partial charge >= 0.3 is 0 Å². The van der Waals surface area contributed by atoms with Gasteiger partial charge in [-0.1, -0.05) is 17.7 Å². The summed E-state index contributed by atoms with van der Waals surface area (Å²) < 4.78 is 2.00. The fourth-order valence-electron chi connectivity index (χ4n) is 2.45.